The molecule has 0 unspecified atom stereocenters. The Labute approximate surface area is 138 Å². The van der Waals surface area contributed by atoms with Gasteiger partial charge in [0, 0.05) is 6.61 Å². The van der Waals surface area contributed by atoms with Crippen molar-refractivity contribution in [1.29, 1.82) is 0 Å². The van der Waals surface area contributed by atoms with Crippen LogP contribution in [0.4, 0.5) is 0 Å². The lowest BCUT2D eigenvalue weighted by molar-refractivity contribution is -0.122. The second kappa shape index (κ2) is 32.3. The van der Waals surface area contributed by atoms with Gasteiger partial charge in [0.05, 0.1) is 0 Å². The highest BCUT2D eigenvalue weighted by Crippen LogP contribution is 2.10. The van der Waals surface area contributed by atoms with E-state index >= 15 is 0 Å². The van der Waals surface area contributed by atoms with Crippen molar-refractivity contribution in [3.8, 4) is 0 Å². The van der Waals surface area contributed by atoms with Crippen LogP contribution in [0.5, 0.6) is 0 Å². The third-order valence-corrected chi connectivity index (χ3v) is 3.42. The molecule has 0 atom stereocenters. The molecule has 0 saturated carbocycles. The van der Waals surface area contributed by atoms with E-state index < -0.39 is 0 Å². The summed E-state index contributed by atoms with van der Waals surface area (Å²) in [6, 6.07) is 0. The average molecular weight is 323 g/mol. The highest BCUT2D eigenvalue weighted by molar-refractivity contribution is 5.32. The van der Waals surface area contributed by atoms with Gasteiger partial charge in [-0.2, -0.15) is 0 Å². The summed E-state index contributed by atoms with van der Waals surface area (Å²) in [6.07, 6.45) is 7.16. The second-order valence-electron chi connectivity index (χ2n) is 4.97. The monoisotopic (exact) mass is 322 g/mol. The summed E-state index contributed by atoms with van der Waals surface area (Å²) in [6.45, 7) is 12.4. The fourth-order valence-corrected chi connectivity index (χ4v) is 1.81. The van der Waals surface area contributed by atoms with Gasteiger partial charge in [-0.05, 0) is 37.8 Å². The minimum Gasteiger partial charge on any atom is -0.483 e. The Kier molecular flexibility index (Phi) is 43.2. The minimum absolute atomic E-state index is 0.250. The Morgan fingerprint density at radius 1 is 0.864 bits per heavy atom. The van der Waals surface area contributed by atoms with E-state index in [0.717, 1.165) is 31.3 Å². The summed E-state index contributed by atoms with van der Waals surface area (Å²) in [5.74, 6) is 1.62. The van der Waals surface area contributed by atoms with Crippen molar-refractivity contribution in [1.82, 2.24) is 0 Å². The molecule has 0 aliphatic carbocycles. The molecular weight excluding hydrogens is 280 g/mol. The normalized spacial score (nSPS) is 9.00. The fourth-order valence-electron chi connectivity index (χ4n) is 1.81. The largest absolute Gasteiger partial charge is 0.483 e. The van der Waals surface area contributed by atoms with E-state index in [1.54, 1.807) is 0 Å². The average Bonchev–Trinajstić information content (AvgIpc) is 2.52. The maximum absolute atomic E-state index is 8.50. The molecule has 0 aliphatic heterocycles. The lowest BCUT2D eigenvalue weighted by atomic mass is 10.00. The van der Waals surface area contributed by atoms with Crippen molar-refractivity contribution in [3.63, 3.8) is 0 Å². The van der Waals surface area contributed by atoms with Gasteiger partial charge in [0.15, 0.2) is 0 Å². The molecule has 0 rings (SSSR count). The number of aliphatic hydroxyl groups is 1. The van der Waals surface area contributed by atoms with E-state index in [-0.39, 0.29) is 6.47 Å². The van der Waals surface area contributed by atoms with Crippen LogP contribution in [-0.4, -0.2) is 36.4 Å². The van der Waals surface area contributed by atoms with E-state index in [9.17, 15) is 0 Å². The van der Waals surface area contributed by atoms with Gasteiger partial charge in [-0.15, -0.1) is 0 Å². The molecule has 0 aromatic carbocycles. The van der Waals surface area contributed by atoms with Gasteiger partial charge in [0.25, 0.3) is 6.47 Å². The highest BCUT2D eigenvalue weighted by atomic mass is 16.3. The standard InChI is InChI=1S/C7H17N.C7H16O.C2H7N.CH2O2/c2*1-3-7(4-2)5-6-8;1-2-3;2-1-3/h7H,3-6,8H2,1-2H3;7-8H,3-6H2,1-2H3;2-3H2,1H3;1H,(H,2,3). The van der Waals surface area contributed by atoms with Gasteiger partial charge in [-0.1, -0.05) is 60.3 Å². The molecule has 0 spiro atoms. The Morgan fingerprint density at radius 3 is 1.23 bits per heavy atom. The van der Waals surface area contributed by atoms with Crippen LogP contribution in [-0.2, 0) is 4.79 Å². The lowest BCUT2D eigenvalue weighted by Gasteiger charge is -2.08. The SMILES string of the molecule is CCC(CC)CCN.CCC(CC)CCO.CCN.O=CO. The van der Waals surface area contributed by atoms with Crippen LogP contribution in [0.15, 0.2) is 0 Å². The topological polar surface area (TPSA) is 110 Å². The van der Waals surface area contributed by atoms with Crippen molar-refractivity contribution >= 4 is 6.47 Å². The van der Waals surface area contributed by atoms with Gasteiger partial charge in [-0.3, -0.25) is 4.79 Å². The van der Waals surface area contributed by atoms with Crippen LogP contribution in [0.2, 0.25) is 0 Å². The zero-order valence-electron chi connectivity index (χ0n) is 15.6. The van der Waals surface area contributed by atoms with Gasteiger partial charge >= 0.3 is 0 Å². The molecule has 0 aromatic rings. The summed E-state index contributed by atoms with van der Waals surface area (Å²) in [4.78, 5) is 8.36. The number of carboxylic acid groups (broad SMARTS) is 1. The maximum Gasteiger partial charge on any atom is 0.290 e. The lowest BCUT2D eigenvalue weighted by Crippen LogP contribution is -2.06. The summed E-state index contributed by atoms with van der Waals surface area (Å²) >= 11 is 0. The molecule has 22 heavy (non-hydrogen) atoms. The molecular formula is C17H42N2O3. The van der Waals surface area contributed by atoms with E-state index in [1.165, 1.54) is 32.1 Å². The van der Waals surface area contributed by atoms with Gasteiger partial charge in [-0.25, -0.2) is 0 Å². The van der Waals surface area contributed by atoms with Crippen LogP contribution >= 0.6 is 0 Å². The van der Waals surface area contributed by atoms with Crippen molar-refractivity contribution in [2.75, 3.05) is 19.7 Å². The number of carbonyl (C=O) groups is 1. The van der Waals surface area contributed by atoms with Crippen LogP contribution in [0, 0.1) is 11.8 Å². The van der Waals surface area contributed by atoms with Gasteiger partial charge < -0.3 is 21.7 Å². The molecule has 6 N–H and O–H groups in total. The third kappa shape index (κ3) is 36.6. The zero-order valence-corrected chi connectivity index (χ0v) is 15.6. The van der Waals surface area contributed by atoms with E-state index in [2.05, 4.69) is 27.7 Å². The summed E-state index contributed by atoms with van der Waals surface area (Å²) in [7, 11) is 0. The third-order valence-electron chi connectivity index (χ3n) is 3.42. The molecule has 0 aliphatic rings. The maximum atomic E-state index is 8.50. The number of aliphatic hydroxyl groups excluding tert-OH is 1. The van der Waals surface area contributed by atoms with Crippen LogP contribution in [0.1, 0.15) is 73.1 Å². The predicted molar refractivity (Wildman–Crippen MR) is 96.9 cm³/mol. The minimum atomic E-state index is -0.250. The number of nitrogens with two attached hydrogens (primary N) is 2. The molecule has 5 nitrogen and oxygen atoms in total. The molecule has 0 saturated heterocycles. The van der Waals surface area contributed by atoms with Gasteiger partial charge in [0.2, 0.25) is 0 Å². The Hall–Kier alpha value is -0.650. The van der Waals surface area contributed by atoms with E-state index in [1.807, 2.05) is 6.92 Å². The van der Waals surface area contributed by atoms with Gasteiger partial charge in [0.1, 0.15) is 0 Å². The van der Waals surface area contributed by atoms with Crippen molar-refractivity contribution in [2.45, 2.75) is 73.1 Å². The molecule has 0 amide bonds. The first-order valence-corrected chi connectivity index (χ1v) is 8.61. The molecule has 0 bridgehead atoms. The Morgan fingerprint density at radius 2 is 1.14 bits per heavy atom. The number of hydrogen-bond acceptors (Lipinski definition) is 4. The van der Waals surface area contributed by atoms with E-state index in [0.29, 0.717) is 6.61 Å². The molecule has 0 radical (unpaired) electrons. The molecule has 0 heterocycles. The van der Waals surface area contributed by atoms with Crippen LogP contribution < -0.4 is 11.5 Å². The first-order chi connectivity index (χ1) is 10.5. The molecule has 0 aromatic heterocycles. The summed E-state index contributed by atoms with van der Waals surface area (Å²) in [5, 5.41) is 15.4. The Balaban J connectivity index is -0.000000109. The number of hydrogen-bond donors (Lipinski definition) is 4. The number of rotatable bonds is 8. The summed E-state index contributed by atoms with van der Waals surface area (Å²) in [5.41, 5.74) is 10.2. The smallest absolute Gasteiger partial charge is 0.290 e. The van der Waals surface area contributed by atoms with Crippen LogP contribution in [0.25, 0.3) is 0 Å². The van der Waals surface area contributed by atoms with E-state index in [4.69, 9.17) is 26.5 Å². The molecule has 138 valence electrons. The molecule has 5 heteroatoms. The second-order valence-corrected chi connectivity index (χ2v) is 4.97. The highest BCUT2D eigenvalue weighted by Gasteiger charge is 1.99. The quantitative estimate of drug-likeness (QED) is 0.513. The van der Waals surface area contributed by atoms with Crippen molar-refractivity contribution in [2.24, 2.45) is 23.3 Å². The predicted octanol–water partition coefficient (Wildman–Crippen LogP) is 3.24. The Bertz CT molecular complexity index is 148. The zero-order chi connectivity index (χ0) is 18.2. The molecule has 0 fully saturated rings. The first-order valence-electron chi connectivity index (χ1n) is 8.61. The van der Waals surface area contributed by atoms with Crippen LogP contribution in [0.3, 0.4) is 0 Å². The first kappa shape index (κ1) is 29.4. The van der Waals surface area contributed by atoms with Crippen molar-refractivity contribution in [3.05, 3.63) is 0 Å². The van der Waals surface area contributed by atoms with Crippen molar-refractivity contribution < 1.29 is 15.0 Å². The fraction of sp³-hybridized carbons (Fsp3) is 0.941. The summed E-state index contributed by atoms with van der Waals surface area (Å²) < 4.78 is 0.